The van der Waals surface area contributed by atoms with Crippen LogP contribution in [0.1, 0.15) is 24.0 Å². The van der Waals surface area contributed by atoms with E-state index in [1.54, 1.807) is 11.3 Å². The molecule has 0 aromatic carbocycles. The summed E-state index contributed by atoms with van der Waals surface area (Å²) in [4.78, 5) is 26.8. The van der Waals surface area contributed by atoms with Crippen LogP contribution < -0.4 is 5.32 Å². The van der Waals surface area contributed by atoms with Crippen LogP contribution in [0.25, 0.3) is 0 Å². The van der Waals surface area contributed by atoms with Crippen LogP contribution in [0.4, 0.5) is 0 Å². The Hall–Kier alpha value is -1.08. The molecular formula is C12H18N2O3S2. The Balaban J connectivity index is 2.12. The predicted molar refractivity (Wildman–Crippen MR) is 77.3 cm³/mol. The third-order valence-corrected chi connectivity index (χ3v) is 4.26. The van der Waals surface area contributed by atoms with Crippen LogP contribution in [0.5, 0.6) is 0 Å². The van der Waals surface area contributed by atoms with Crippen LogP contribution in [-0.4, -0.2) is 35.5 Å². The summed E-state index contributed by atoms with van der Waals surface area (Å²) < 4.78 is 4.51. The minimum absolute atomic E-state index is 0.0246. The lowest BCUT2D eigenvalue weighted by molar-refractivity contribution is -0.137. The first-order chi connectivity index (χ1) is 9.15. The number of thioether (sulfide) groups is 1. The number of nitrogens with one attached hydrogen (secondary N) is 1. The first-order valence-electron chi connectivity index (χ1n) is 6.00. The summed E-state index contributed by atoms with van der Waals surface area (Å²) in [5, 5.41) is 5.86. The van der Waals surface area contributed by atoms with Crippen LogP contribution >= 0.6 is 23.1 Å². The molecule has 1 N–H and O–H groups in total. The first-order valence-corrected chi connectivity index (χ1v) is 8.03. The van der Waals surface area contributed by atoms with E-state index in [4.69, 9.17) is 0 Å². The Morgan fingerprint density at radius 2 is 2.32 bits per heavy atom. The molecule has 0 saturated heterocycles. The highest BCUT2D eigenvalue weighted by Crippen LogP contribution is 2.10. The molecule has 19 heavy (non-hydrogen) atoms. The van der Waals surface area contributed by atoms with Crippen molar-refractivity contribution < 1.29 is 14.3 Å². The molecule has 0 bridgehead atoms. The number of carbonyl (C=O) groups is 2. The molecule has 1 heterocycles. The van der Waals surface area contributed by atoms with E-state index in [-0.39, 0.29) is 17.6 Å². The Morgan fingerprint density at radius 1 is 1.53 bits per heavy atom. The normalized spacial score (nSPS) is 10.2. The number of rotatable bonds is 8. The SMILES string of the molecule is CCc1nc(CNC(=O)CCSCC(=O)OC)cs1. The number of esters is 1. The summed E-state index contributed by atoms with van der Waals surface area (Å²) in [5.74, 6) is 0.608. The van der Waals surface area contributed by atoms with Gasteiger partial charge in [0.2, 0.25) is 5.91 Å². The molecule has 106 valence electrons. The molecule has 0 radical (unpaired) electrons. The van der Waals surface area contributed by atoms with Gasteiger partial charge < -0.3 is 10.1 Å². The monoisotopic (exact) mass is 302 g/mol. The summed E-state index contributed by atoms with van der Waals surface area (Å²) in [6.07, 6.45) is 1.31. The molecule has 0 saturated carbocycles. The van der Waals surface area contributed by atoms with Crippen molar-refractivity contribution in [3.8, 4) is 0 Å². The quantitative estimate of drug-likeness (QED) is 0.584. The van der Waals surface area contributed by atoms with E-state index in [1.807, 2.05) is 5.38 Å². The van der Waals surface area contributed by atoms with E-state index in [0.29, 0.717) is 18.7 Å². The summed E-state index contributed by atoms with van der Waals surface area (Å²) in [6, 6.07) is 0. The minimum Gasteiger partial charge on any atom is -0.468 e. The van der Waals surface area contributed by atoms with Gasteiger partial charge in [0.15, 0.2) is 0 Å². The Bertz CT molecular complexity index is 421. The number of amides is 1. The number of ether oxygens (including phenoxy) is 1. The van der Waals surface area contributed by atoms with Crippen molar-refractivity contribution in [3.63, 3.8) is 0 Å². The number of methoxy groups -OCH3 is 1. The lowest BCUT2D eigenvalue weighted by Crippen LogP contribution is -2.23. The number of aryl methyl sites for hydroxylation is 1. The number of hydrogen-bond acceptors (Lipinski definition) is 6. The van der Waals surface area contributed by atoms with Gasteiger partial charge in [0.05, 0.1) is 30.1 Å². The molecule has 0 fully saturated rings. The average Bonchev–Trinajstić information content (AvgIpc) is 2.89. The molecule has 0 aliphatic rings. The molecule has 1 aromatic heterocycles. The van der Waals surface area contributed by atoms with Gasteiger partial charge in [-0.15, -0.1) is 23.1 Å². The fourth-order valence-electron chi connectivity index (χ4n) is 1.25. The van der Waals surface area contributed by atoms with Gasteiger partial charge in [0, 0.05) is 17.6 Å². The highest BCUT2D eigenvalue weighted by atomic mass is 32.2. The standard InChI is InChI=1S/C12H18N2O3S2/c1-3-11-14-9(7-19-11)6-13-10(15)4-5-18-8-12(16)17-2/h7H,3-6,8H2,1-2H3,(H,13,15). The summed E-state index contributed by atoms with van der Waals surface area (Å²) in [7, 11) is 1.36. The number of aromatic nitrogens is 1. The molecule has 0 aliphatic heterocycles. The number of hydrogen-bond donors (Lipinski definition) is 1. The minimum atomic E-state index is -0.264. The molecule has 0 unspecified atom stereocenters. The van der Waals surface area contributed by atoms with E-state index >= 15 is 0 Å². The molecular weight excluding hydrogens is 284 g/mol. The van der Waals surface area contributed by atoms with E-state index in [2.05, 4.69) is 22.0 Å². The zero-order valence-electron chi connectivity index (χ0n) is 11.1. The van der Waals surface area contributed by atoms with Crippen LogP contribution in [0.15, 0.2) is 5.38 Å². The van der Waals surface area contributed by atoms with Crippen molar-refractivity contribution in [3.05, 3.63) is 16.1 Å². The van der Waals surface area contributed by atoms with Crippen LogP contribution in [0.2, 0.25) is 0 Å². The smallest absolute Gasteiger partial charge is 0.315 e. The number of nitrogens with zero attached hydrogens (tertiary/aromatic N) is 1. The molecule has 7 heteroatoms. The first kappa shape index (κ1) is 16.0. The largest absolute Gasteiger partial charge is 0.468 e. The highest BCUT2D eigenvalue weighted by molar-refractivity contribution is 7.99. The highest BCUT2D eigenvalue weighted by Gasteiger charge is 2.05. The van der Waals surface area contributed by atoms with Gasteiger partial charge in [-0.2, -0.15) is 0 Å². The lowest BCUT2D eigenvalue weighted by atomic mass is 10.4. The number of thiazole rings is 1. The van der Waals surface area contributed by atoms with Crippen LogP contribution in [0.3, 0.4) is 0 Å². The third kappa shape index (κ3) is 6.58. The zero-order chi connectivity index (χ0) is 14.1. The van der Waals surface area contributed by atoms with E-state index < -0.39 is 0 Å². The Kier molecular flexibility index (Phi) is 7.50. The summed E-state index contributed by atoms with van der Waals surface area (Å²) in [5.41, 5.74) is 0.900. The molecule has 0 aliphatic carbocycles. The average molecular weight is 302 g/mol. The van der Waals surface area contributed by atoms with Gasteiger partial charge in [-0.1, -0.05) is 6.92 Å². The second-order valence-electron chi connectivity index (χ2n) is 3.74. The van der Waals surface area contributed by atoms with Crippen LogP contribution in [0, 0.1) is 0 Å². The van der Waals surface area contributed by atoms with Gasteiger partial charge in [0.25, 0.3) is 0 Å². The fraction of sp³-hybridized carbons (Fsp3) is 0.583. The van der Waals surface area contributed by atoms with Crippen molar-refractivity contribution in [2.24, 2.45) is 0 Å². The lowest BCUT2D eigenvalue weighted by Gasteiger charge is -2.03. The maximum atomic E-state index is 11.5. The van der Waals surface area contributed by atoms with Crippen molar-refractivity contribution in [1.29, 1.82) is 0 Å². The van der Waals surface area contributed by atoms with Gasteiger partial charge >= 0.3 is 5.97 Å². The Morgan fingerprint density at radius 3 is 2.95 bits per heavy atom. The zero-order valence-corrected chi connectivity index (χ0v) is 12.7. The second kappa shape index (κ2) is 8.92. The van der Waals surface area contributed by atoms with Crippen molar-refractivity contribution in [2.45, 2.75) is 26.3 Å². The van der Waals surface area contributed by atoms with Crippen molar-refractivity contribution >= 4 is 35.0 Å². The van der Waals surface area contributed by atoms with E-state index in [1.165, 1.54) is 18.9 Å². The summed E-state index contributed by atoms with van der Waals surface area (Å²) >= 11 is 3.01. The van der Waals surface area contributed by atoms with Gasteiger partial charge in [-0.3, -0.25) is 9.59 Å². The topological polar surface area (TPSA) is 68.3 Å². The maximum Gasteiger partial charge on any atom is 0.315 e. The van der Waals surface area contributed by atoms with E-state index in [0.717, 1.165) is 17.1 Å². The predicted octanol–water partition coefficient (Wildman–Crippen LogP) is 1.62. The molecule has 0 spiro atoms. The third-order valence-electron chi connectivity index (χ3n) is 2.29. The molecule has 1 aromatic rings. The maximum absolute atomic E-state index is 11.5. The molecule has 1 amide bonds. The molecule has 1 rings (SSSR count). The van der Waals surface area contributed by atoms with Crippen molar-refractivity contribution in [1.82, 2.24) is 10.3 Å². The second-order valence-corrected chi connectivity index (χ2v) is 5.79. The summed E-state index contributed by atoms with van der Waals surface area (Å²) in [6.45, 7) is 2.52. The van der Waals surface area contributed by atoms with Crippen LogP contribution in [-0.2, 0) is 27.3 Å². The van der Waals surface area contributed by atoms with Gasteiger partial charge in [0.1, 0.15) is 0 Å². The molecule has 0 atom stereocenters. The van der Waals surface area contributed by atoms with E-state index in [9.17, 15) is 9.59 Å². The van der Waals surface area contributed by atoms with Crippen molar-refractivity contribution in [2.75, 3.05) is 18.6 Å². The molecule has 5 nitrogen and oxygen atoms in total. The number of carbonyl (C=O) groups excluding carboxylic acids is 2. The van der Waals surface area contributed by atoms with Gasteiger partial charge in [-0.25, -0.2) is 4.98 Å². The van der Waals surface area contributed by atoms with Gasteiger partial charge in [-0.05, 0) is 6.42 Å². The Labute approximate surface area is 121 Å². The fourth-order valence-corrected chi connectivity index (χ4v) is 2.75.